The number of ether oxygens (including phenoxy) is 1. The molecule has 0 unspecified atom stereocenters. The highest BCUT2D eigenvalue weighted by Crippen LogP contribution is 2.13. The molecule has 112 valence electrons. The highest BCUT2D eigenvalue weighted by Gasteiger charge is 2.14. The molecule has 0 spiro atoms. The summed E-state index contributed by atoms with van der Waals surface area (Å²) in [6.07, 6.45) is 1.82. The van der Waals surface area contributed by atoms with E-state index in [9.17, 15) is 13.2 Å². The summed E-state index contributed by atoms with van der Waals surface area (Å²) in [5.74, 6) is -0.0294. The molecule has 0 saturated carbocycles. The molecule has 1 rings (SSSR count). The smallest absolute Gasteiger partial charge is 0.338 e. The van der Waals surface area contributed by atoms with E-state index < -0.39 is 15.8 Å². The van der Waals surface area contributed by atoms with Gasteiger partial charge in [0.1, 0.15) is 0 Å². The second-order valence-electron chi connectivity index (χ2n) is 5.62. The standard InChI is InChI=1S/C15H22O4S/c1-11(2)8-12(3)19-15(16)14-7-5-6-13(9-14)10-20(4,17)18/h5-7,9,11-12H,8,10H2,1-4H3/t12-/m1/s1. The van der Waals surface area contributed by atoms with E-state index in [1.54, 1.807) is 24.3 Å². The fourth-order valence-electron chi connectivity index (χ4n) is 2.05. The molecule has 0 aromatic heterocycles. The largest absolute Gasteiger partial charge is 0.459 e. The van der Waals surface area contributed by atoms with Crippen LogP contribution in [0.2, 0.25) is 0 Å². The average Bonchev–Trinajstić information content (AvgIpc) is 2.25. The third kappa shape index (κ3) is 6.19. The Labute approximate surface area is 121 Å². The molecular weight excluding hydrogens is 276 g/mol. The summed E-state index contributed by atoms with van der Waals surface area (Å²) in [5, 5.41) is 0. The minimum absolute atomic E-state index is 0.0737. The summed E-state index contributed by atoms with van der Waals surface area (Å²) in [5.41, 5.74) is 0.986. The molecule has 1 aromatic carbocycles. The van der Waals surface area contributed by atoms with Crippen LogP contribution in [0.4, 0.5) is 0 Å². The van der Waals surface area contributed by atoms with Crippen LogP contribution in [0.15, 0.2) is 24.3 Å². The van der Waals surface area contributed by atoms with Crippen LogP contribution in [0.3, 0.4) is 0 Å². The number of hydrogen-bond donors (Lipinski definition) is 0. The van der Waals surface area contributed by atoms with E-state index in [1.165, 1.54) is 6.26 Å². The summed E-state index contributed by atoms with van der Waals surface area (Å²) in [4.78, 5) is 12.0. The lowest BCUT2D eigenvalue weighted by molar-refractivity contribution is 0.0299. The van der Waals surface area contributed by atoms with Crippen molar-refractivity contribution in [3.63, 3.8) is 0 Å². The van der Waals surface area contributed by atoms with Crippen LogP contribution in [-0.4, -0.2) is 26.7 Å². The lowest BCUT2D eigenvalue weighted by Gasteiger charge is -2.15. The Morgan fingerprint density at radius 1 is 1.25 bits per heavy atom. The number of rotatable bonds is 6. The van der Waals surface area contributed by atoms with Crippen molar-refractivity contribution in [1.29, 1.82) is 0 Å². The zero-order valence-corrected chi connectivity index (χ0v) is 13.2. The predicted molar refractivity (Wildman–Crippen MR) is 79.3 cm³/mol. The summed E-state index contributed by atoms with van der Waals surface area (Å²) < 4.78 is 27.9. The summed E-state index contributed by atoms with van der Waals surface area (Å²) in [6, 6.07) is 6.57. The van der Waals surface area contributed by atoms with Gasteiger partial charge in [-0.05, 0) is 37.0 Å². The zero-order chi connectivity index (χ0) is 15.3. The van der Waals surface area contributed by atoms with Crippen molar-refractivity contribution in [2.24, 2.45) is 5.92 Å². The van der Waals surface area contributed by atoms with Gasteiger partial charge in [0.05, 0.1) is 17.4 Å². The Morgan fingerprint density at radius 3 is 2.45 bits per heavy atom. The maximum absolute atomic E-state index is 12.0. The Hall–Kier alpha value is -1.36. The number of carbonyl (C=O) groups excluding carboxylic acids is 1. The molecule has 0 aliphatic carbocycles. The monoisotopic (exact) mass is 298 g/mol. The predicted octanol–water partition coefficient (Wildman–Crippen LogP) is 2.82. The third-order valence-electron chi connectivity index (χ3n) is 2.70. The maximum atomic E-state index is 12.0. The first-order valence-electron chi connectivity index (χ1n) is 6.65. The van der Waals surface area contributed by atoms with E-state index in [-0.39, 0.29) is 11.9 Å². The van der Waals surface area contributed by atoms with E-state index >= 15 is 0 Å². The second-order valence-corrected chi connectivity index (χ2v) is 7.76. The van der Waals surface area contributed by atoms with Gasteiger partial charge in [0.25, 0.3) is 0 Å². The van der Waals surface area contributed by atoms with Gasteiger partial charge in [-0.3, -0.25) is 0 Å². The van der Waals surface area contributed by atoms with Crippen LogP contribution in [0.1, 0.15) is 43.1 Å². The normalized spacial score (nSPS) is 13.2. The third-order valence-corrected chi connectivity index (χ3v) is 3.56. The number of esters is 1. The van der Waals surface area contributed by atoms with Crippen molar-refractivity contribution in [2.45, 2.75) is 39.0 Å². The average molecular weight is 298 g/mol. The minimum Gasteiger partial charge on any atom is -0.459 e. The SMILES string of the molecule is CC(C)C[C@@H](C)OC(=O)c1cccc(CS(C)(=O)=O)c1. The van der Waals surface area contributed by atoms with E-state index in [0.29, 0.717) is 17.0 Å². The number of sulfone groups is 1. The first-order chi connectivity index (χ1) is 9.17. The Morgan fingerprint density at radius 2 is 1.90 bits per heavy atom. The summed E-state index contributed by atoms with van der Waals surface area (Å²) in [7, 11) is -3.11. The van der Waals surface area contributed by atoms with E-state index in [1.807, 2.05) is 6.92 Å². The Kier molecular flexibility index (Phi) is 5.74. The molecule has 0 radical (unpaired) electrons. The van der Waals surface area contributed by atoms with Crippen LogP contribution >= 0.6 is 0 Å². The highest BCUT2D eigenvalue weighted by molar-refractivity contribution is 7.89. The van der Waals surface area contributed by atoms with Crippen molar-refractivity contribution in [2.75, 3.05) is 6.26 Å². The molecule has 0 bridgehead atoms. The van der Waals surface area contributed by atoms with Gasteiger partial charge in [0, 0.05) is 6.26 Å². The fourth-order valence-corrected chi connectivity index (χ4v) is 2.84. The molecule has 1 atom stereocenters. The molecule has 4 nitrogen and oxygen atoms in total. The minimum atomic E-state index is -3.11. The molecule has 0 amide bonds. The van der Waals surface area contributed by atoms with E-state index in [0.717, 1.165) is 6.42 Å². The van der Waals surface area contributed by atoms with Gasteiger partial charge < -0.3 is 4.74 Å². The zero-order valence-electron chi connectivity index (χ0n) is 12.4. The number of carbonyl (C=O) groups is 1. The van der Waals surface area contributed by atoms with Crippen LogP contribution in [0.5, 0.6) is 0 Å². The molecule has 0 fully saturated rings. The molecule has 0 heterocycles. The van der Waals surface area contributed by atoms with Gasteiger partial charge in [-0.2, -0.15) is 0 Å². The lowest BCUT2D eigenvalue weighted by atomic mass is 10.1. The first kappa shape index (κ1) is 16.7. The summed E-state index contributed by atoms with van der Waals surface area (Å²) >= 11 is 0. The van der Waals surface area contributed by atoms with E-state index in [2.05, 4.69) is 13.8 Å². The van der Waals surface area contributed by atoms with Crippen LogP contribution in [0.25, 0.3) is 0 Å². The second kappa shape index (κ2) is 6.88. The molecular formula is C15H22O4S. The van der Waals surface area contributed by atoms with Crippen molar-refractivity contribution in [1.82, 2.24) is 0 Å². The fraction of sp³-hybridized carbons (Fsp3) is 0.533. The van der Waals surface area contributed by atoms with Gasteiger partial charge in [-0.15, -0.1) is 0 Å². The van der Waals surface area contributed by atoms with Gasteiger partial charge in [-0.25, -0.2) is 13.2 Å². The van der Waals surface area contributed by atoms with Gasteiger partial charge in [0.15, 0.2) is 9.84 Å². The van der Waals surface area contributed by atoms with Crippen LogP contribution < -0.4 is 0 Å². The molecule has 1 aromatic rings. The van der Waals surface area contributed by atoms with Gasteiger partial charge in [0.2, 0.25) is 0 Å². The van der Waals surface area contributed by atoms with E-state index in [4.69, 9.17) is 4.74 Å². The molecule has 20 heavy (non-hydrogen) atoms. The van der Waals surface area contributed by atoms with Crippen molar-refractivity contribution < 1.29 is 17.9 Å². The van der Waals surface area contributed by atoms with Crippen molar-refractivity contribution in [3.8, 4) is 0 Å². The topological polar surface area (TPSA) is 60.4 Å². The van der Waals surface area contributed by atoms with Gasteiger partial charge >= 0.3 is 5.97 Å². The van der Waals surface area contributed by atoms with Crippen LogP contribution in [-0.2, 0) is 20.3 Å². The first-order valence-corrected chi connectivity index (χ1v) is 8.71. The highest BCUT2D eigenvalue weighted by atomic mass is 32.2. The summed E-state index contributed by atoms with van der Waals surface area (Å²) in [6.45, 7) is 5.99. The Balaban J connectivity index is 2.76. The molecule has 0 N–H and O–H groups in total. The van der Waals surface area contributed by atoms with Crippen molar-refractivity contribution >= 4 is 15.8 Å². The van der Waals surface area contributed by atoms with Crippen LogP contribution in [0, 0.1) is 5.92 Å². The van der Waals surface area contributed by atoms with Crippen molar-refractivity contribution in [3.05, 3.63) is 35.4 Å². The number of benzene rings is 1. The quantitative estimate of drug-likeness (QED) is 0.758. The number of hydrogen-bond acceptors (Lipinski definition) is 4. The molecule has 5 heteroatoms. The molecule has 0 aliphatic rings. The Bertz CT molecular complexity index is 561. The molecule has 0 saturated heterocycles. The molecule has 0 aliphatic heterocycles. The maximum Gasteiger partial charge on any atom is 0.338 e. The lowest BCUT2D eigenvalue weighted by Crippen LogP contribution is -2.17. The van der Waals surface area contributed by atoms with Gasteiger partial charge in [-0.1, -0.05) is 26.0 Å².